The quantitative estimate of drug-likeness (QED) is 0.795. The number of hydrogen-bond donors (Lipinski definition) is 2. The van der Waals surface area contributed by atoms with Crippen LogP contribution in [0.5, 0.6) is 11.5 Å². The summed E-state index contributed by atoms with van der Waals surface area (Å²) in [6.45, 7) is 4.22. The average Bonchev–Trinajstić information content (AvgIpc) is 2.28. The molecule has 4 nitrogen and oxygen atoms in total. The van der Waals surface area contributed by atoms with Crippen molar-refractivity contribution < 1.29 is 14.6 Å². The van der Waals surface area contributed by atoms with Gasteiger partial charge in [-0.2, -0.15) is 0 Å². The molecule has 0 aliphatic rings. The zero-order chi connectivity index (χ0) is 12.8. The van der Waals surface area contributed by atoms with Crippen molar-refractivity contribution in [3.8, 4) is 11.5 Å². The lowest BCUT2D eigenvalue weighted by Gasteiger charge is -2.16. The summed E-state index contributed by atoms with van der Waals surface area (Å²) in [4.78, 5) is 0. The van der Waals surface area contributed by atoms with Crippen molar-refractivity contribution >= 4 is 0 Å². The maximum atomic E-state index is 9.32. The van der Waals surface area contributed by atoms with Gasteiger partial charge in [0.25, 0.3) is 0 Å². The van der Waals surface area contributed by atoms with Gasteiger partial charge in [-0.25, -0.2) is 0 Å². The third kappa shape index (κ3) is 3.91. The van der Waals surface area contributed by atoms with Crippen molar-refractivity contribution in [2.24, 2.45) is 5.73 Å². The zero-order valence-electron chi connectivity index (χ0n) is 10.6. The number of methoxy groups -OCH3 is 1. The molecular weight excluding hydrogens is 218 g/mol. The maximum absolute atomic E-state index is 9.32. The van der Waals surface area contributed by atoms with E-state index in [2.05, 4.69) is 0 Å². The molecule has 2 atom stereocenters. The first kappa shape index (κ1) is 13.8. The minimum absolute atomic E-state index is 0.194. The number of benzene rings is 1. The average molecular weight is 239 g/mol. The molecule has 96 valence electrons. The van der Waals surface area contributed by atoms with Gasteiger partial charge in [0.2, 0.25) is 0 Å². The minimum Gasteiger partial charge on any atom is -0.493 e. The van der Waals surface area contributed by atoms with Crippen LogP contribution >= 0.6 is 0 Å². The smallest absolute Gasteiger partial charge is 0.161 e. The molecule has 4 heteroatoms. The van der Waals surface area contributed by atoms with E-state index in [4.69, 9.17) is 15.2 Å². The molecule has 0 bridgehead atoms. The third-order valence-electron chi connectivity index (χ3n) is 2.51. The van der Waals surface area contributed by atoms with Gasteiger partial charge in [0.1, 0.15) is 0 Å². The Labute approximate surface area is 102 Å². The normalized spacial score (nSPS) is 14.2. The molecule has 0 saturated carbocycles. The molecule has 0 spiro atoms. The van der Waals surface area contributed by atoms with Crippen LogP contribution in [0, 0.1) is 0 Å². The Kier molecular flexibility index (Phi) is 5.25. The number of hydrogen-bond acceptors (Lipinski definition) is 4. The molecule has 0 aliphatic carbocycles. The monoisotopic (exact) mass is 239 g/mol. The van der Waals surface area contributed by atoms with Gasteiger partial charge < -0.3 is 20.3 Å². The molecule has 3 N–H and O–H groups in total. The molecular formula is C13H21NO3. The number of ether oxygens (including phenoxy) is 2. The topological polar surface area (TPSA) is 64.7 Å². The Bertz CT molecular complexity index is 353. The fourth-order valence-corrected chi connectivity index (χ4v) is 1.70. The van der Waals surface area contributed by atoms with Gasteiger partial charge >= 0.3 is 0 Å². The van der Waals surface area contributed by atoms with E-state index in [9.17, 15) is 5.11 Å². The van der Waals surface area contributed by atoms with E-state index in [0.29, 0.717) is 24.5 Å². The molecule has 0 radical (unpaired) electrons. The predicted molar refractivity (Wildman–Crippen MR) is 67.4 cm³/mol. The van der Waals surface area contributed by atoms with E-state index in [0.717, 1.165) is 5.56 Å². The second-order valence-corrected chi connectivity index (χ2v) is 4.03. The predicted octanol–water partition coefficient (Wildman–Crippen LogP) is 1.86. The largest absolute Gasteiger partial charge is 0.493 e. The molecule has 1 aromatic carbocycles. The van der Waals surface area contributed by atoms with Crippen molar-refractivity contribution in [3.05, 3.63) is 23.8 Å². The highest BCUT2D eigenvalue weighted by Gasteiger charge is 2.12. The summed E-state index contributed by atoms with van der Waals surface area (Å²) in [5.74, 6) is 1.38. The summed E-state index contributed by atoms with van der Waals surface area (Å²) in [6, 6.07) is 5.41. The Balaban J connectivity index is 2.90. The van der Waals surface area contributed by atoms with Gasteiger partial charge in [-0.1, -0.05) is 6.07 Å². The van der Waals surface area contributed by atoms with Crippen LogP contribution in [0.4, 0.5) is 0 Å². The van der Waals surface area contributed by atoms with Gasteiger partial charge in [0, 0.05) is 6.04 Å². The van der Waals surface area contributed by atoms with E-state index in [1.807, 2.05) is 25.1 Å². The Morgan fingerprint density at radius 2 is 2.06 bits per heavy atom. The minimum atomic E-state index is -0.414. The van der Waals surface area contributed by atoms with E-state index in [1.54, 1.807) is 14.0 Å². The molecule has 0 aromatic heterocycles. The van der Waals surface area contributed by atoms with E-state index < -0.39 is 6.10 Å². The van der Waals surface area contributed by atoms with Crippen molar-refractivity contribution in [1.29, 1.82) is 0 Å². The van der Waals surface area contributed by atoms with Crippen molar-refractivity contribution in [3.63, 3.8) is 0 Å². The fourth-order valence-electron chi connectivity index (χ4n) is 1.70. The molecule has 0 saturated heterocycles. The summed E-state index contributed by atoms with van der Waals surface area (Å²) >= 11 is 0. The Hall–Kier alpha value is -1.26. The van der Waals surface area contributed by atoms with Gasteiger partial charge in [-0.15, -0.1) is 0 Å². The SMILES string of the molecule is CCOc1cc(C(N)CC(C)O)ccc1OC. The molecule has 0 aliphatic heterocycles. The van der Waals surface area contributed by atoms with E-state index >= 15 is 0 Å². The molecule has 0 fully saturated rings. The van der Waals surface area contributed by atoms with Crippen molar-refractivity contribution in [1.82, 2.24) is 0 Å². The lowest BCUT2D eigenvalue weighted by molar-refractivity contribution is 0.175. The van der Waals surface area contributed by atoms with Gasteiger partial charge in [-0.05, 0) is 38.0 Å². The molecule has 1 aromatic rings. The zero-order valence-corrected chi connectivity index (χ0v) is 10.6. The van der Waals surface area contributed by atoms with Crippen molar-refractivity contribution in [2.45, 2.75) is 32.4 Å². The molecule has 17 heavy (non-hydrogen) atoms. The van der Waals surface area contributed by atoms with E-state index in [-0.39, 0.29) is 6.04 Å². The van der Waals surface area contributed by atoms with E-state index in [1.165, 1.54) is 0 Å². The summed E-state index contributed by atoms with van der Waals surface area (Å²) in [5.41, 5.74) is 6.94. The summed E-state index contributed by atoms with van der Waals surface area (Å²) in [6.07, 6.45) is 0.111. The second kappa shape index (κ2) is 6.47. The first-order valence-electron chi connectivity index (χ1n) is 5.82. The van der Waals surface area contributed by atoms with Crippen LogP contribution in [0.3, 0.4) is 0 Å². The number of aliphatic hydroxyl groups excluding tert-OH is 1. The van der Waals surface area contributed by atoms with Crippen molar-refractivity contribution in [2.75, 3.05) is 13.7 Å². The van der Waals surface area contributed by atoms with Gasteiger partial charge in [0.05, 0.1) is 19.8 Å². The molecule has 2 unspecified atom stereocenters. The first-order valence-corrected chi connectivity index (χ1v) is 5.82. The van der Waals surface area contributed by atoms with Crippen LogP contribution in [-0.4, -0.2) is 24.9 Å². The lowest BCUT2D eigenvalue weighted by atomic mass is 10.0. The number of rotatable bonds is 6. The highest BCUT2D eigenvalue weighted by atomic mass is 16.5. The van der Waals surface area contributed by atoms with Crippen LogP contribution < -0.4 is 15.2 Å². The Morgan fingerprint density at radius 1 is 1.35 bits per heavy atom. The van der Waals surface area contributed by atoms with Gasteiger partial charge in [0.15, 0.2) is 11.5 Å². The number of nitrogens with two attached hydrogens (primary N) is 1. The highest BCUT2D eigenvalue weighted by molar-refractivity contribution is 5.43. The standard InChI is InChI=1S/C13H21NO3/c1-4-17-13-8-10(5-6-12(13)16-3)11(14)7-9(2)15/h5-6,8-9,11,15H,4,7,14H2,1-3H3. The van der Waals surface area contributed by atoms with Crippen LogP contribution in [0.2, 0.25) is 0 Å². The van der Waals surface area contributed by atoms with Gasteiger partial charge in [-0.3, -0.25) is 0 Å². The third-order valence-corrected chi connectivity index (χ3v) is 2.51. The van der Waals surface area contributed by atoms with Crippen LogP contribution in [0.15, 0.2) is 18.2 Å². The van der Waals surface area contributed by atoms with Crippen LogP contribution in [0.25, 0.3) is 0 Å². The van der Waals surface area contributed by atoms with Crippen LogP contribution in [0.1, 0.15) is 31.9 Å². The Morgan fingerprint density at radius 3 is 2.59 bits per heavy atom. The first-order chi connectivity index (χ1) is 8.08. The molecule has 0 amide bonds. The lowest BCUT2D eigenvalue weighted by Crippen LogP contribution is -2.16. The summed E-state index contributed by atoms with van der Waals surface area (Å²) < 4.78 is 10.7. The van der Waals surface area contributed by atoms with Crippen LogP contribution in [-0.2, 0) is 0 Å². The molecule has 0 heterocycles. The summed E-state index contributed by atoms with van der Waals surface area (Å²) in [7, 11) is 1.60. The number of aliphatic hydroxyl groups is 1. The fraction of sp³-hybridized carbons (Fsp3) is 0.538. The maximum Gasteiger partial charge on any atom is 0.161 e. The second-order valence-electron chi connectivity index (χ2n) is 4.03. The summed E-state index contributed by atoms with van der Waals surface area (Å²) in [5, 5.41) is 9.32. The molecule has 1 rings (SSSR count). The highest BCUT2D eigenvalue weighted by Crippen LogP contribution is 2.30.